The lowest BCUT2D eigenvalue weighted by atomic mass is 10.1. The summed E-state index contributed by atoms with van der Waals surface area (Å²) >= 11 is 1.57. The number of anilines is 1. The Kier molecular flexibility index (Phi) is 7.24. The molecule has 2 N–H and O–H groups in total. The molecule has 0 radical (unpaired) electrons. The Morgan fingerprint density at radius 2 is 1.94 bits per heavy atom. The maximum Gasteiger partial charge on any atom is 0.255 e. The fourth-order valence-electron chi connectivity index (χ4n) is 3.63. The number of aromatic nitrogens is 4. The number of rotatable bonds is 10. The lowest BCUT2D eigenvalue weighted by molar-refractivity contribution is 0.102. The Morgan fingerprint density at radius 1 is 1.12 bits per heavy atom. The van der Waals surface area contributed by atoms with E-state index in [-0.39, 0.29) is 5.91 Å². The molecule has 7 nitrogen and oxygen atoms in total. The van der Waals surface area contributed by atoms with E-state index in [9.17, 15) is 4.79 Å². The molecule has 1 amide bonds. The number of thioether (sulfide) groups is 1. The Hall–Kier alpha value is -3.10. The highest BCUT2D eigenvalue weighted by atomic mass is 32.2. The zero-order valence-electron chi connectivity index (χ0n) is 18.4. The first kappa shape index (κ1) is 22.1. The van der Waals surface area contributed by atoms with Crippen LogP contribution in [0.15, 0.2) is 66.2 Å². The normalized spacial score (nSPS) is 11.3. The van der Waals surface area contributed by atoms with Crippen LogP contribution in [-0.4, -0.2) is 50.2 Å². The average Bonchev–Trinajstić information content (AvgIpc) is 3.48. The number of carbonyl (C=O) groups is 1. The summed E-state index contributed by atoms with van der Waals surface area (Å²) in [5.41, 5.74) is 3.74. The van der Waals surface area contributed by atoms with Crippen molar-refractivity contribution in [2.24, 2.45) is 0 Å². The van der Waals surface area contributed by atoms with Crippen LogP contribution >= 0.6 is 11.8 Å². The van der Waals surface area contributed by atoms with Gasteiger partial charge in [-0.25, -0.2) is 4.98 Å². The topological polar surface area (TPSA) is 78.8 Å². The molecule has 0 saturated carbocycles. The largest absolute Gasteiger partial charge is 0.346 e. The third-order valence-corrected chi connectivity index (χ3v) is 6.51. The number of nitrogens with zero attached hydrogens (tertiary/aromatic N) is 4. The second-order valence-electron chi connectivity index (χ2n) is 7.54. The van der Waals surface area contributed by atoms with Gasteiger partial charge < -0.3 is 14.8 Å². The number of carbonyl (C=O) groups excluding carboxylic acids is 1. The lowest BCUT2D eigenvalue weighted by Crippen LogP contribution is -2.26. The highest BCUT2D eigenvalue weighted by Crippen LogP contribution is 2.22. The summed E-state index contributed by atoms with van der Waals surface area (Å²) in [5.74, 6) is 0.652. The van der Waals surface area contributed by atoms with Crippen LogP contribution in [-0.2, 0) is 12.3 Å². The van der Waals surface area contributed by atoms with Crippen LogP contribution in [0.3, 0.4) is 0 Å². The second-order valence-corrected chi connectivity index (χ2v) is 8.50. The van der Waals surface area contributed by atoms with Gasteiger partial charge in [0.1, 0.15) is 6.33 Å². The first-order valence-corrected chi connectivity index (χ1v) is 11.8. The number of nitrogens with one attached hydrogen (secondary N) is 2. The number of aromatic amines is 1. The third-order valence-electron chi connectivity index (χ3n) is 5.57. The van der Waals surface area contributed by atoms with Gasteiger partial charge in [0.15, 0.2) is 5.16 Å². The van der Waals surface area contributed by atoms with Crippen molar-refractivity contribution in [1.29, 1.82) is 0 Å². The average molecular weight is 449 g/mol. The molecule has 0 aliphatic heterocycles. The van der Waals surface area contributed by atoms with Gasteiger partial charge in [-0.3, -0.25) is 9.89 Å². The number of hydrogen-bond donors (Lipinski definition) is 2. The van der Waals surface area contributed by atoms with Gasteiger partial charge >= 0.3 is 0 Å². The van der Waals surface area contributed by atoms with Crippen LogP contribution < -0.4 is 5.32 Å². The predicted octanol–water partition coefficient (Wildman–Crippen LogP) is 4.65. The predicted molar refractivity (Wildman–Crippen MR) is 130 cm³/mol. The molecule has 4 rings (SSSR count). The second kappa shape index (κ2) is 10.5. The molecule has 2 heterocycles. The standard InChI is InChI=1S/C24H28N6OS/c1-3-29(4-2)13-14-30-12-11-20-15-21(9-10-22(20)30)27-23(31)19-7-5-18(6-8-19)16-32-24-25-17-26-28-24/h5-12,15,17H,3-4,13-14,16H2,1-2H3,(H,27,31)(H,25,26,28). The lowest BCUT2D eigenvalue weighted by Gasteiger charge is -2.18. The monoisotopic (exact) mass is 448 g/mol. The maximum atomic E-state index is 12.7. The van der Waals surface area contributed by atoms with Crippen molar-refractivity contribution in [1.82, 2.24) is 24.6 Å². The molecular weight excluding hydrogens is 420 g/mol. The van der Waals surface area contributed by atoms with E-state index in [0.29, 0.717) is 5.56 Å². The van der Waals surface area contributed by atoms with Crippen LogP contribution in [0, 0.1) is 0 Å². The molecular formula is C24H28N6OS. The van der Waals surface area contributed by atoms with Crippen molar-refractivity contribution in [3.8, 4) is 0 Å². The van der Waals surface area contributed by atoms with Gasteiger partial charge in [0, 0.05) is 47.2 Å². The van der Waals surface area contributed by atoms with E-state index in [2.05, 4.69) is 62.1 Å². The summed E-state index contributed by atoms with van der Waals surface area (Å²) in [6, 6.07) is 15.8. The van der Waals surface area contributed by atoms with E-state index < -0.39 is 0 Å². The van der Waals surface area contributed by atoms with Crippen molar-refractivity contribution in [2.75, 3.05) is 25.0 Å². The number of fused-ring (bicyclic) bond motifs is 1. The van der Waals surface area contributed by atoms with Crippen molar-refractivity contribution in [3.05, 3.63) is 72.2 Å². The van der Waals surface area contributed by atoms with Gasteiger partial charge in [0.2, 0.25) is 0 Å². The molecule has 32 heavy (non-hydrogen) atoms. The Morgan fingerprint density at radius 3 is 2.66 bits per heavy atom. The molecule has 0 fully saturated rings. The highest BCUT2D eigenvalue weighted by molar-refractivity contribution is 7.98. The van der Waals surface area contributed by atoms with Crippen LogP contribution in [0.1, 0.15) is 29.8 Å². The minimum absolute atomic E-state index is 0.111. The van der Waals surface area contributed by atoms with E-state index in [1.165, 1.54) is 11.8 Å². The van der Waals surface area contributed by atoms with Crippen LogP contribution in [0.5, 0.6) is 0 Å². The highest BCUT2D eigenvalue weighted by Gasteiger charge is 2.09. The molecule has 0 aliphatic carbocycles. The van der Waals surface area contributed by atoms with E-state index >= 15 is 0 Å². The van der Waals surface area contributed by atoms with E-state index in [4.69, 9.17) is 0 Å². The molecule has 0 unspecified atom stereocenters. The molecule has 0 aliphatic rings. The number of hydrogen-bond acceptors (Lipinski definition) is 5. The fraction of sp³-hybridized carbons (Fsp3) is 0.292. The summed E-state index contributed by atoms with van der Waals surface area (Å²) in [4.78, 5) is 19.2. The van der Waals surface area contributed by atoms with Gasteiger partial charge in [0.05, 0.1) is 0 Å². The van der Waals surface area contributed by atoms with E-state index in [1.54, 1.807) is 11.8 Å². The number of likely N-dealkylation sites (N-methyl/N-ethyl adjacent to an activating group) is 1. The molecule has 8 heteroatoms. The Balaban J connectivity index is 1.36. The minimum Gasteiger partial charge on any atom is -0.346 e. The fourth-order valence-corrected chi connectivity index (χ4v) is 4.37. The molecule has 0 spiro atoms. The van der Waals surface area contributed by atoms with Gasteiger partial charge in [-0.2, -0.15) is 5.10 Å². The molecule has 0 bridgehead atoms. The van der Waals surface area contributed by atoms with Gasteiger partial charge in [-0.1, -0.05) is 37.7 Å². The minimum atomic E-state index is -0.111. The summed E-state index contributed by atoms with van der Waals surface area (Å²) in [5, 5.41) is 11.6. The molecule has 2 aromatic heterocycles. The molecule has 2 aromatic carbocycles. The van der Waals surface area contributed by atoms with E-state index in [0.717, 1.165) is 53.7 Å². The molecule has 166 valence electrons. The van der Waals surface area contributed by atoms with Crippen LogP contribution in [0.4, 0.5) is 5.69 Å². The third kappa shape index (κ3) is 5.38. The summed E-state index contributed by atoms with van der Waals surface area (Å²) in [6.07, 6.45) is 3.61. The van der Waals surface area contributed by atoms with E-state index in [1.807, 2.05) is 36.4 Å². The maximum absolute atomic E-state index is 12.7. The molecule has 4 aromatic rings. The van der Waals surface area contributed by atoms with Crippen LogP contribution in [0.25, 0.3) is 10.9 Å². The summed E-state index contributed by atoms with van der Waals surface area (Å²) < 4.78 is 2.27. The Bertz CT molecular complexity index is 1150. The van der Waals surface area contributed by atoms with Crippen molar-refractivity contribution in [3.63, 3.8) is 0 Å². The summed E-state index contributed by atoms with van der Waals surface area (Å²) in [6.45, 7) is 8.50. The SMILES string of the molecule is CCN(CC)CCn1ccc2cc(NC(=O)c3ccc(CSc4ncn[nH]4)cc3)ccc21. The first-order chi connectivity index (χ1) is 15.7. The van der Waals surface area contributed by atoms with Crippen molar-refractivity contribution in [2.45, 2.75) is 31.3 Å². The van der Waals surface area contributed by atoms with Crippen LogP contribution in [0.2, 0.25) is 0 Å². The molecule has 0 saturated heterocycles. The van der Waals surface area contributed by atoms with Gasteiger partial charge in [-0.15, -0.1) is 0 Å². The van der Waals surface area contributed by atoms with Gasteiger partial charge in [-0.05, 0) is 55.1 Å². The van der Waals surface area contributed by atoms with Crippen molar-refractivity contribution >= 4 is 34.3 Å². The molecule has 0 atom stereocenters. The quantitative estimate of drug-likeness (QED) is 0.345. The van der Waals surface area contributed by atoms with Crippen molar-refractivity contribution < 1.29 is 4.79 Å². The summed E-state index contributed by atoms with van der Waals surface area (Å²) in [7, 11) is 0. The smallest absolute Gasteiger partial charge is 0.255 e. The zero-order valence-corrected chi connectivity index (χ0v) is 19.2. The number of H-pyrrole nitrogens is 1. The number of amides is 1. The Labute approximate surface area is 192 Å². The van der Waals surface area contributed by atoms with Gasteiger partial charge in [0.25, 0.3) is 5.91 Å². The first-order valence-electron chi connectivity index (χ1n) is 10.9. The number of benzene rings is 2. The zero-order chi connectivity index (χ0) is 22.3.